The Hall–Kier alpha value is -2.58. The number of aromatic nitrogens is 4. The summed E-state index contributed by atoms with van der Waals surface area (Å²) in [5.41, 5.74) is 1.78. The molecule has 1 aromatic carbocycles. The summed E-state index contributed by atoms with van der Waals surface area (Å²) >= 11 is 4.96. The number of thiazole rings is 1. The molecule has 0 bridgehead atoms. The number of amides is 1. The molecule has 1 amide bonds. The average molecular weight is 428 g/mol. The third kappa shape index (κ3) is 3.25. The number of imidazole rings is 1. The molecule has 0 fully saturated rings. The van der Waals surface area contributed by atoms with Gasteiger partial charge in [-0.1, -0.05) is 33.3 Å². The Labute approximate surface area is 162 Å². The van der Waals surface area contributed by atoms with Crippen LogP contribution in [0, 0.1) is 0 Å². The second-order valence-electron chi connectivity index (χ2n) is 5.72. The van der Waals surface area contributed by atoms with Gasteiger partial charge in [0, 0.05) is 36.3 Å². The summed E-state index contributed by atoms with van der Waals surface area (Å²) < 4.78 is 3.70. The van der Waals surface area contributed by atoms with Crippen LogP contribution in [0.1, 0.15) is 16.2 Å². The van der Waals surface area contributed by atoms with E-state index in [-0.39, 0.29) is 5.91 Å². The number of halogens is 1. The maximum Gasteiger partial charge on any atom is 0.296 e. The molecule has 0 saturated carbocycles. The van der Waals surface area contributed by atoms with E-state index in [4.69, 9.17) is 0 Å². The highest BCUT2D eigenvalue weighted by Crippen LogP contribution is 2.32. The van der Waals surface area contributed by atoms with Gasteiger partial charge in [-0.05, 0) is 29.8 Å². The van der Waals surface area contributed by atoms with E-state index < -0.39 is 0 Å². The normalized spacial score (nSPS) is 11.0. The first-order chi connectivity index (χ1) is 12.6. The Balaban J connectivity index is 1.78. The predicted molar refractivity (Wildman–Crippen MR) is 105 cm³/mol. The van der Waals surface area contributed by atoms with Crippen LogP contribution in [0.2, 0.25) is 0 Å². The molecule has 0 spiro atoms. The molecule has 8 heteroatoms. The van der Waals surface area contributed by atoms with E-state index in [0.29, 0.717) is 17.5 Å². The fourth-order valence-electron chi connectivity index (χ4n) is 2.59. The molecule has 26 heavy (non-hydrogen) atoms. The SMILES string of the molecule is Cn1ccnc1C(=O)N(Cc1cccnc1)c1nc2ccc(Br)cc2s1. The van der Waals surface area contributed by atoms with Crippen molar-refractivity contribution >= 4 is 48.5 Å². The quantitative estimate of drug-likeness (QED) is 0.492. The number of carbonyl (C=O) groups is 1. The molecule has 3 aromatic heterocycles. The van der Waals surface area contributed by atoms with Crippen LogP contribution in [-0.4, -0.2) is 25.4 Å². The number of hydrogen-bond acceptors (Lipinski definition) is 5. The molecule has 130 valence electrons. The van der Waals surface area contributed by atoms with Crippen molar-refractivity contribution in [3.63, 3.8) is 0 Å². The van der Waals surface area contributed by atoms with Crippen molar-refractivity contribution in [2.75, 3.05) is 4.90 Å². The summed E-state index contributed by atoms with van der Waals surface area (Å²) in [6, 6.07) is 9.68. The second-order valence-corrected chi connectivity index (χ2v) is 7.65. The monoisotopic (exact) mass is 427 g/mol. The molecular formula is C18H14BrN5OS. The van der Waals surface area contributed by atoms with Gasteiger partial charge in [0.15, 0.2) is 11.0 Å². The first-order valence-corrected chi connectivity index (χ1v) is 9.47. The zero-order chi connectivity index (χ0) is 18.1. The van der Waals surface area contributed by atoms with Gasteiger partial charge in [-0.2, -0.15) is 0 Å². The fraction of sp³-hybridized carbons (Fsp3) is 0.111. The van der Waals surface area contributed by atoms with Crippen molar-refractivity contribution in [2.45, 2.75) is 6.54 Å². The van der Waals surface area contributed by atoms with Gasteiger partial charge < -0.3 is 4.57 Å². The van der Waals surface area contributed by atoms with Crippen molar-refractivity contribution < 1.29 is 4.79 Å². The van der Waals surface area contributed by atoms with Crippen LogP contribution >= 0.6 is 27.3 Å². The maximum absolute atomic E-state index is 13.2. The Morgan fingerprint density at radius 3 is 2.92 bits per heavy atom. The predicted octanol–water partition coefficient (Wildman–Crippen LogP) is 4.03. The summed E-state index contributed by atoms with van der Waals surface area (Å²) in [7, 11) is 1.80. The van der Waals surface area contributed by atoms with Crippen LogP contribution in [0.3, 0.4) is 0 Å². The minimum absolute atomic E-state index is 0.195. The number of pyridine rings is 1. The van der Waals surface area contributed by atoms with Gasteiger partial charge in [-0.25, -0.2) is 9.97 Å². The lowest BCUT2D eigenvalue weighted by Gasteiger charge is -2.19. The van der Waals surface area contributed by atoms with E-state index in [2.05, 4.69) is 30.9 Å². The van der Waals surface area contributed by atoms with E-state index in [1.807, 2.05) is 30.3 Å². The first kappa shape index (κ1) is 16.9. The highest BCUT2D eigenvalue weighted by atomic mass is 79.9. The number of aryl methyl sites for hydroxylation is 1. The molecule has 0 aliphatic heterocycles. The maximum atomic E-state index is 13.2. The lowest BCUT2D eigenvalue weighted by molar-refractivity contribution is 0.0972. The van der Waals surface area contributed by atoms with Crippen molar-refractivity contribution in [1.29, 1.82) is 0 Å². The summed E-state index contributed by atoms with van der Waals surface area (Å²) in [5, 5.41) is 0.634. The molecule has 0 atom stereocenters. The molecule has 4 aromatic rings. The van der Waals surface area contributed by atoms with Crippen molar-refractivity contribution in [1.82, 2.24) is 19.5 Å². The van der Waals surface area contributed by atoms with Gasteiger partial charge in [0.1, 0.15) is 0 Å². The van der Waals surface area contributed by atoms with Gasteiger partial charge in [0.05, 0.1) is 16.8 Å². The molecular weight excluding hydrogens is 414 g/mol. The van der Waals surface area contributed by atoms with Crippen molar-refractivity contribution in [3.8, 4) is 0 Å². The van der Waals surface area contributed by atoms with Crippen LogP contribution < -0.4 is 4.90 Å². The number of carbonyl (C=O) groups excluding carboxylic acids is 1. The van der Waals surface area contributed by atoms with Gasteiger partial charge in [0.25, 0.3) is 5.91 Å². The third-order valence-corrected chi connectivity index (χ3v) is 5.43. The van der Waals surface area contributed by atoms with E-state index in [0.717, 1.165) is 20.3 Å². The Bertz CT molecular complexity index is 1080. The van der Waals surface area contributed by atoms with E-state index in [1.165, 1.54) is 11.3 Å². The van der Waals surface area contributed by atoms with Gasteiger partial charge in [0.2, 0.25) is 0 Å². The van der Waals surface area contributed by atoms with Crippen LogP contribution in [0.15, 0.2) is 59.6 Å². The molecule has 3 heterocycles. The van der Waals surface area contributed by atoms with Crippen LogP contribution in [0.4, 0.5) is 5.13 Å². The molecule has 0 radical (unpaired) electrons. The first-order valence-electron chi connectivity index (χ1n) is 7.86. The molecule has 4 rings (SSSR count). The van der Waals surface area contributed by atoms with Gasteiger partial charge in [-0.15, -0.1) is 0 Å². The zero-order valence-electron chi connectivity index (χ0n) is 13.8. The number of anilines is 1. The molecule has 6 nitrogen and oxygen atoms in total. The fourth-order valence-corrected chi connectivity index (χ4v) is 4.11. The smallest absolute Gasteiger partial charge is 0.296 e. The number of fused-ring (bicyclic) bond motifs is 1. The van der Waals surface area contributed by atoms with Crippen molar-refractivity contribution in [3.05, 3.63) is 71.0 Å². The molecule has 0 N–H and O–H groups in total. The zero-order valence-corrected chi connectivity index (χ0v) is 16.2. The Kier molecular flexibility index (Phi) is 4.52. The number of hydrogen-bond donors (Lipinski definition) is 0. The lowest BCUT2D eigenvalue weighted by atomic mass is 10.2. The van der Waals surface area contributed by atoms with Crippen LogP contribution in [0.5, 0.6) is 0 Å². The third-order valence-electron chi connectivity index (χ3n) is 3.89. The Morgan fingerprint density at radius 1 is 1.31 bits per heavy atom. The summed E-state index contributed by atoms with van der Waals surface area (Å²) in [5.74, 6) is 0.175. The molecule has 0 aliphatic carbocycles. The van der Waals surface area contributed by atoms with Gasteiger partial charge >= 0.3 is 0 Å². The summed E-state index contributed by atoms with van der Waals surface area (Å²) in [4.78, 5) is 27.8. The van der Waals surface area contributed by atoms with E-state index >= 15 is 0 Å². The van der Waals surface area contributed by atoms with Crippen LogP contribution in [-0.2, 0) is 13.6 Å². The van der Waals surface area contributed by atoms with Crippen molar-refractivity contribution in [2.24, 2.45) is 7.05 Å². The van der Waals surface area contributed by atoms with Crippen LogP contribution in [0.25, 0.3) is 10.2 Å². The topological polar surface area (TPSA) is 63.9 Å². The highest BCUT2D eigenvalue weighted by Gasteiger charge is 2.24. The number of nitrogens with zero attached hydrogens (tertiary/aromatic N) is 5. The molecule has 0 unspecified atom stereocenters. The average Bonchev–Trinajstić information content (AvgIpc) is 3.25. The molecule has 0 aliphatic rings. The minimum atomic E-state index is -0.195. The summed E-state index contributed by atoms with van der Waals surface area (Å²) in [6.45, 7) is 0.376. The van der Waals surface area contributed by atoms with Gasteiger partial charge in [-0.3, -0.25) is 14.7 Å². The van der Waals surface area contributed by atoms with E-state index in [1.54, 1.807) is 41.3 Å². The minimum Gasteiger partial charge on any atom is -0.330 e. The number of benzene rings is 1. The van der Waals surface area contributed by atoms with E-state index in [9.17, 15) is 4.79 Å². The molecule has 0 saturated heterocycles. The Morgan fingerprint density at radius 2 is 2.19 bits per heavy atom. The largest absolute Gasteiger partial charge is 0.330 e. The highest BCUT2D eigenvalue weighted by molar-refractivity contribution is 9.10. The summed E-state index contributed by atoms with van der Waals surface area (Å²) in [6.07, 6.45) is 6.84. The number of rotatable bonds is 4. The second kappa shape index (κ2) is 6.97. The standard InChI is InChI=1S/C18H14BrN5OS/c1-23-8-7-21-16(23)17(25)24(11-12-3-2-6-20-10-12)18-22-14-5-4-13(19)9-15(14)26-18/h2-10H,11H2,1H3. The lowest BCUT2D eigenvalue weighted by Crippen LogP contribution is -2.32.